The van der Waals surface area contributed by atoms with Crippen molar-refractivity contribution in [3.05, 3.63) is 42.0 Å². The number of hydrogen-bond donors (Lipinski definition) is 1. The standard InChI is InChI=1S/C19H25NO/c1-3-20-18(13-14-7-6-8-14)16-11-12-19(21-2)17-10-5-4-9-15(16)17/h4-5,9-12,14,18,20H,3,6-8,13H2,1-2H3. The number of benzene rings is 2. The lowest BCUT2D eigenvalue weighted by atomic mass is 9.79. The summed E-state index contributed by atoms with van der Waals surface area (Å²) in [5, 5.41) is 6.22. The van der Waals surface area contributed by atoms with Gasteiger partial charge in [0.2, 0.25) is 0 Å². The van der Waals surface area contributed by atoms with Crippen molar-refractivity contribution in [2.24, 2.45) is 5.92 Å². The first-order chi connectivity index (χ1) is 10.3. The second-order valence-corrected chi connectivity index (χ2v) is 6.05. The van der Waals surface area contributed by atoms with Gasteiger partial charge in [-0.2, -0.15) is 0 Å². The van der Waals surface area contributed by atoms with Crippen molar-refractivity contribution in [1.29, 1.82) is 0 Å². The molecule has 0 spiro atoms. The lowest BCUT2D eigenvalue weighted by molar-refractivity contribution is 0.263. The van der Waals surface area contributed by atoms with Crippen LogP contribution in [0.15, 0.2) is 36.4 Å². The highest BCUT2D eigenvalue weighted by Gasteiger charge is 2.24. The molecule has 3 rings (SSSR count). The Morgan fingerprint density at radius 2 is 1.90 bits per heavy atom. The Labute approximate surface area is 127 Å². The fourth-order valence-electron chi connectivity index (χ4n) is 3.41. The molecule has 1 unspecified atom stereocenters. The first kappa shape index (κ1) is 14.4. The maximum Gasteiger partial charge on any atom is 0.126 e. The van der Waals surface area contributed by atoms with Gasteiger partial charge in [-0.3, -0.25) is 0 Å². The van der Waals surface area contributed by atoms with Gasteiger partial charge in [0.05, 0.1) is 7.11 Å². The second-order valence-electron chi connectivity index (χ2n) is 6.05. The Morgan fingerprint density at radius 1 is 1.14 bits per heavy atom. The summed E-state index contributed by atoms with van der Waals surface area (Å²) in [6.45, 7) is 3.21. The van der Waals surface area contributed by atoms with E-state index in [4.69, 9.17) is 4.74 Å². The van der Waals surface area contributed by atoms with Gasteiger partial charge in [0, 0.05) is 11.4 Å². The molecule has 1 fully saturated rings. The number of nitrogens with one attached hydrogen (secondary N) is 1. The largest absolute Gasteiger partial charge is 0.496 e. The molecule has 2 nitrogen and oxygen atoms in total. The molecule has 1 N–H and O–H groups in total. The highest BCUT2D eigenvalue weighted by molar-refractivity contribution is 5.91. The molecule has 21 heavy (non-hydrogen) atoms. The summed E-state index contributed by atoms with van der Waals surface area (Å²) in [7, 11) is 1.75. The van der Waals surface area contributed by atoms with E-state index in [2.05, 4.69) is 48.6 Å². The predicted octanol–water partition coefficient (Wildman–Crippen LogP) is 4.69. The number of fused-ring (bicyclic) bond motifs is 1. The van der Waals surface area contributed by atoms with Crippen LogP contribution in [0.2, 0.25) is 0 Å². The van der Waals surface area contributed by atoms with Gasteiger partial charge < -0.3 is 10.1 Å². The van der Waals surface area contributed by atoms with Crippen molar-refractivity contribution in [2.75, 3.05) is 13.7 Å². The maximum atomic E-state index is 5.52. The molecule has 1 aliphatic rings. The average Bonchev–Trinajstić information content (AvgIpc) is 2.48. The molecule has 1 saturated carbocycles. The van der Waals surface area contributed by atoms with E-state index in [-0.39, 0.29) is 0 Å². The maximum absolute atomic E-state index is 5.52. The normalized spacial score (nSPS) is 16.7. The lowest BCUT2D eigenvalue weighted by Crippen LogP contribution is -2.26. The van der Waals surface area contributed by atoms with Crippen LogP contribution in [0.3, 0.4) is 0 Å². The highest BCUT2D eigenvalue weighted by atomic mass is 16.5. The van der Waals surface area contributed by atoms with Crippen molar-refractivity contribution in [2.45, 2.75) is 38.6 Å². The van der Waals surface area contributed by atoms with Crippen molar-refractivity contribution < 1.29 is 4.74 Å². The molecule has 0 bridgehead atoms. The average molecular weight is 283 g/mol. The van der Waals surface area contributed by atoms with E-state index in [1.165, 1.54) is 42.0 Å². The Morgan fingerprint density at radius 3 is 2.52 bits per heavy atom. The first-order valence-electron chi connectivity index (χ1n) is 8.12. The van der Waals surface area contributed by atoms with E-state index in [1.54, 1.807) is 7.11 Å². The third-order valence-electron chi connectivity index (χ3n) is 4.76. The zero-order valence-electron chi connectivity index (χ0n) is 13.1. The van der Waals surface area contributed by atoms with Gasteiger partial charge in [-0.15, -0.1) is 0 Å². The molecule has 2 aromatic carbocycles. The van der Waals surface area contributed by atoms with Crippen LogP contribution >= 0.6 is 0 Å². The van der Waals surface area contributed by atoms with E-state index in [9.17, 15) is 0 Å². The third kappa shape index (κ3) is 2.91. The summed E-state index contributed by atoms with van der Waals surface area (Å²) >= 11 is 0. The fraction of sp³-hybridized carbons (Fsp3) is 0.474. The zero-order valence-corrected chi connectivity index (χ0v) is 13.1. The first-order valence-corrected chi connectivity index (χ1v) is 8.12. The molecule has 2 aromatic rings. The monoisotopic (exact) mass is 283 g/mol. The molecule has 0 aliphatic heterocycles. The smallest absolute Gasteiger partial charge is 0.126 e. The van der Waals surface area contributed by atoms with Crippen molar-refractivity contribution >= 4 is 10.8 Å². The minimum absolute atomic E-state index is 0.455. The van der Waals surface area contributed by atoms with Crippen LogP contribution in [0.25, 0.3) is 10.8 Å². The van der Waals surface area contributed by atoms with Crippen LogP contribution < -0.4 is 10.1 Å². The summed E-state index contributed by atoms with van der Waals surface area (Å²) in [5.41, 5.74) is 1.42. The van der Waals surface area contributed by atoms with Gasteiger partial charge in [-0.05, 0) is 35.9 Å². The van der Waals surface area contributed by atoms with E-state index in [0.717, 1.165) is 18.2 Å². The Hall–Kier alpha value is -1.54. The van der Waals surface area contributed by atoms with Crippen LogP contribution in [0.5, 0.6) is 5.75 Å². The van der Waals surface area contributed by atoms with Crippen LogP contribution in [0.4, 0.5) is 0 Å². The third-order valence-corrected chi connectivity index (χ3v) is 4.76. The summed E-state index contributed by atoms with van der Waals surface area (Å²) in [4.78, 5) is 0. The predicted molar refractivity (Wildman–Crippen MR) is 88.9 cm³/mol. The second kappa shape index (κ2) is 6.48. The molecular weight excluding hydrogens is 258 g/mol. The molecule has 1 atom stereocenters. The minimum Gasteiger partial charge on any atom is -0.496 e. The van der Waals surface area contributed by atoms with Gasteiger partial charge in [-0.25, -0.2) is 0 Å². The SMILES string of the molecule is CCNC(CC1CCC1)c1ccc(OC)c2ccccc12. The molecule has 2 heteroatoms. The zero-order chi connectivity index (χ0) is 14.7. The van der Waals surface area contributed by atoms with E-state index in [0.29, 0.717) is 6.04 Å². The van der Waals surface area contributed by atoms with Gasteiger partial charge >= 0.3 is 0 Å². The van der Waals surface area contributed by atoms with Gasteiger partial charge in [0.25, 0.3) is 0 Å². The highest BCUT2D eigenvalue weighted by Crippen LogP contribution is 2.38. The van der Waals surface area contributed by atoms with Crippen molar-refractivity contribution in [3.8, 4) is 5.75 Å². The van der Waals surface area contributed by atoms with E-state index in [1.807, 2.05) is 0 Å². The van der Waals surface area contributed by atoms with Crippen molar-refractivity contribution in [3.63, 3.8) is 0 Å². The number of rotatable bonds is 6. The molecule has 0 amide bonds. The quantitative estimate of drug-likeness (QED) is 0.830. The summed E-state index contributed by atoms with van der Waals surface area (Å²) in [6.07, 6.45) is 5.46. The Balaban J connectivity index is 2.00. The number of ether oxygens (including phenoxy) is 1. The number of methoxy groups -OCH3 is 1. The molecule has 0 heterocycles. The van der Waals surface area contributed by atoms with Gasteiger partial charge in [-0.1, -0.05) is 56.5 Å². The summed E-state index contributed by atoms with van der Waals surface area (Å²) < 4.78 is 5.52. The summed E-state index contributed by atoms with van der Waals surface area (Å²) in [5.74, 6) is 1.86. The molecule has 0 radical (unpaired) electrons. The lowest BCUT2D eigenvalue weighted by Gasteiger charge is -2.31. The molecule has 1 aliphatic carbocycles. The van der Waals surface area contributed by atoms with Gasteiger partial charge in [0.1, 0.15) is 5.75 Å². The van der Waals surface area contributed by atoms with Crippen molar-refractivity contribution in [1.82, 2.24) is 5.32 Å². The molecule has 112 valence electrons. The van der Waals surface area contributed by atoms with Gasteiger partial charge in [0.15, 0.2) is 0 Å². The minimum atomic E-state index is 0.455. The molecule has 0 saturated heterocycles. The van der Waals surface area contributed by atoms with E-state index >= 15 is 0 Å². The Kier molecular flexibility index (Phi) is 4.45. The number of hydrogen-bond acceptors (Lipinski definition) is 2. The molecular formula is C19H25NO. The van der Waals surface area contributed by atoms with Crippen LogP contribution in [0.1, 0.15) is 44.2 Å². The van der Waals surface area contributed by atoms with Crippen LogP contribution in [-0.4, -0.2) is 13.7 Å². The van der Waals surface area contributed by atoms with E-state index < -0.39 is 0 Å². The Bertz CT molecular complexity index is 604. The fourth-order valence-corrected chi connectivity index (χ4v) is 3.41. The molecule has 0 aromatic heterocycles. The topological polar surface area (TPSA) is 21.3 Å². The van der Waals surface area contributed by atoms with Crippen LogP contribution in [-0.2, 0) is 0 Å². The van der Waals surface area contributed by atoms with Crippen LogP contribution in [0, 0.1) is 5.92 Å². The summed E-state index contributed by atoms with van der Waals surface area (Å²) in [6, 6.07) is 13.4.